The van der Waals surface area contributed by atoms with Crippen LogP contribution in [0.25, 0.3) is 0 Å². The second-order valence-corrected chi connectivity index (χ2v) is 6.85. The van der Waals surface area contributed by atoms with Gasteiger partial charge in [0.05, 0.1) is 12.2 Å². The summed E-state index contributed by atoms with van der Waals surface area (Å²) in [7, 11) is 0. The summed E-state index contributed by atoms with van der Waals surface area (Å²) in [4.78, 5) is 24.7. The van der Waals surface area contributed by atoms with E-state index in [-0.39, 0.29) is 16.9 Å². The molecule has 154 valence electrons. The van der Waals surface area contributed by atoms with E-state index in [1.54, 1.807) is 42.5 Å². The fourth-order valence-electron chi connectivity index (χ4n) is 2.52. The van der Waals surface area contributed by atoms with E-state index in [0.29, 0.717) is 35.7 Å². The number of anilines is 1. The summed E-state index contributed by atoms with van der Waals surface area (Å²) in [6.07, 6.45) is 2.79. The van der Waals surface area contributed by atoms with Gasteiger partial charge in [0.2, 0.25) is 0 Å². The van der Waals surface area contributed by atoms with Crippen molar-refractivity contribution in [2.24, 2.45) is 0 Å². The molecule has 6 nitrogen and oxygen atoms in total. The Balaban J connectivity index is 1.99. The van der Waals surface area contributed by atoms with Gasteiger partial charge in [0.1, 0.15) is 5.75 Å². The fourth-order valence-corrected chi connectivity index (χ4v) is 2.73. The number of amides is 2. The molecule has 0 aromatic heterocycles. The molecule has 0 saturated heterocycles. The van der Waals surface area contributed by atoms with Gasteiger partial charge in [-0.1, -0.05) is 38.5 Å². The normalized spacial score (nSPS) is 10.1. The summed E-state index contributed by atoms with van der Waals surface area (Å²) in [5.41, 5.74) is 1.56. The first-order valence-electron chi connectivity index (χ1n) is 9.77. The van der Waals surface area contributed by atoms with Crippen molar-refractivity contribution in [3.63, 3.8) is 0 Å². The predicted octanol–water partition coefficient (Wildman–Crippen LogP) is 4.13. The van der Waals surface area contributed by atoms with Crippen molar-refractivity contribution >= 4 is 34.8 Å². The molecular weight excluding hydrogens is 386 g/mol. The Morgan fingerprint density at radius 1 is 1.00 bits per heavy atom. The van der Waals surface area contributed by atoms with Crippen LogP contribution in [0, 0.1) is 0 Å². The summed E-state index contributed by atoms with van der Waals surface area (Å²) in [5, 5.41) is 8.57. The van der Waals surface area contributed by atoms with E-state index in [1.807, 2.05) is 13.0 Å². The molecule has 29 heavy (non-hydrogen) atoms. The molecule has 0 aliphatic heterocycles. The van der Waals surface area contributed by atoms with E-state index in [2.05, 4.69) is 22.9 Å². The molecule has 0 spiro atoms. The van der Waals surface area contributed by atoms with Crippen LogP contribution in [-0.4, -0.2) is 30.1 Å². The van der Waals surface area contributed by atoms with E-state index >= 15 is 0 Å². The highest BCUT2D eigenvalue weighted by molar-refractivity contribution is 7.80. The summed E-state index contributed by atoms with van der Waals surface area (Å²) in [6, 6.07) is 14.0. The van der Waals surface area contributed by atoms with Gasteiger partial charge >= 0.3 is 0 Å². The number of hydrogen-bond acceptors (Lipinski definition) is 4. The van der Waals surface area contributed by atoms with Gasteiger partial charge in [0.25, 0.3) is 11.8 Å². The van der Waals surface area contributed by atoms with E-state index in [9.17, 15) is 9.59 Å². The zero-order valence-electron chi connectivity index (χ0n) is 16.8. The van der Waals surface area contributed by atoms with Crippen LogP contribution in [0.4, 0.5) is 5.69 Å². The average Bonchev–Trinajstić information content (AvgIpc) is 2.72. The summed E-state index contributed by atoms with van der Waals surface area (Å²) >= 11 is 5.26. The maximum Gasteiger partial charge on any atom is 0.261 e. The highest BCUT2D eigenvalue weighted by Gasteiger charge is 2.14. The zero-order chi connectivity index (χ0) is 21.1. The second kappa shape index (κ2) is 11.8. The second-order valence-electron chi connectivity index (χ2n) is 6.44. The van der Waals surface area contributed by atoms with E-state index in [0.717, 1.165) is 19.3 Å². The van der Waals surface area contributed by atoms with Crippen LogP contribution in [-0.2, 0) is 0 Å². The quantitative estimate of drug-likeness (QED) is 0.425. The SMILES string of the molecule is CCCCOc1ccccc1C(=O)NC(=S)Nc1cccc(C(=O)NCCC)c1. The Morgan fingerprint density at radius 3 is 2.55 bits per heavy atom. The highest BCUT2D eigenvalue weighted by Crippen LogP contribution is 2.18. The van der Waals surface area contributed by atoms with Gasteiger partial charge in [-0.25, -0.2) is 0 Å². The molecule has 2 amide bonds. The van der Waals surface area contributed by atoms with E-state index in [4.69, 9.17) is 17.0 Å². The number of benzene rings is 2. The third-order valence-corrected chi connectivity index (χ3v) is 4.24. The molecule has 0 atom stereocenters. The molecule has 0 saturated carbocycles. The lowest BCUT2D eigenvalue weighted by molar-refractivity contribution is 0.0950. The highest BCUT2D eigenvalue weighted by atomic mass is 32.1. The van der Waals surface area contributed by atoms with Gasteiger partial charge in [-0.15, -0.1) is 0 Å². The molecule has 0 aliphatic carbocycles. The van der Waals surface area contributed by atoms with E-state index in [1.165, 1.54) is 0 Å². The monoisotopic (exact) mass is 413 g/mol. The van der Waals surface area contributed by atoms with Gasteiger partial charge < -0.3 is 15.4 Å². The molecule has 7 heteroatoms. The molecule has 0 bridgehead atoms. The van der Waals surface area contributed by atoms with Crippen molar-refractivity contribution in [1.82, 2.24) is 10.6 Å². The lowest BCUT2D eigenvalue weighted by atomic mass is 10.2. The van der Waals surface area contributed by atoms with Crippen LogP contribution in [0.2, 0.25) is 0 Å². The molecular formula is C22H27N3O3S. The first kappa shape index (κ1) is 22.4. The first-order chi connectivity index (χ1) is 14.0. The van der Waals surface area contributed by atoms with Crippen molar-refractivity contribution in [2.75, 3.05) is 18.5 Å². The smallest absolute Gasteiger partial charge is 0.261 e. The van der Waals surface area contributed by atoms with Gasteiger partial charge in [0, 0.05) is 17.8 Å². The molecule has 2 aromatic carbocycles. The fraction of sp³-hybridized carbons (Fsp3) is 0.318. The Morgan fingerprint density at radius 2 is 1.79 bits per heavy atom. The lowest BCUT2D eigenvalue weighted by Gasteiger charge is -2.13. The van der Waals surface area contributed by atoms with E-state index < -0.39 is 0 Å². The number of carbonyl (C=O) groups is 2. The number of ether oxygens (including phenoxy) is 1. The van der Waals surface area contributed by atoms with Crippen molar-refractivity contribution in [2.45, 2.75) is 33.1 Å². The van der Waals surface area contributed by atoms with Crippen molar-refractivity contribution in [3.05, 3.63) is 59.7 Å². The van der Waals surface area contributed by atoms with Crippen LogP contribution in [0.3, 0.4) is 0 Å². The number of nitrogens with one attached hydrogen (secondary N) is 3. The molecule has 0 radical (unpaired) electrons. The number of hydrogen-bond donors (Lipinski definition) is 3. The molecule has 0 unspecified atom stereocenters. The summed E-state index contributed by atoms with van der Waals surface area (Å²) in [6.45, 7) is 5.24. The van der Waals surface area contributed by atoms with Gasteiger partial charge in [-0.05, 0) is 55.4 Å². The first-order valence-corrected chi connectivity index (χ1v) is 10.2. The maximum absolute atomic E-state index is 12.6. The standard InChI is InChI=1S/C22H27N3O3S/c1-3-5-14-28-19-12-7-6-11-18(19)21(27)25-22(29)24-17-10-8-9-16(15-17)20(26)23-13-4-2/h6-12,15H,3-5,13-14H2,1-2H3,(H,23,26)(H2,24,25,27,29). The van der Waals surface area contributed by atoms with Crippen LogP contribution >= 0.6 is 12.2 Å². The minimum Gasteiger partial charge on any atom is -0.493 e. The van der Waals surface area contributed by atoms with Gasteiger partial charge in [-0.3, -0.25) is 14.9 Å². The Hall–Kier alpha value is -2.93. The molecule has 3 N–H and O–H groups in total. The minimum absolute atomic E-state index is 0.143. The molecule has 2 aromatic rings. The Bertz CT molecular complexity index is 855. The Labute approximate surface area is 177 Å². The number of rotatable bonds is 9. The molecule has 0 fully saturated rings. The average molecular weight is 414 g/mol. The Kier molecular flexibility index (Phi) is 9.11. The van der Waals surface area contributed by atoms with Crippen molar-refractivity contribution in [1.29, 1.82) is 0 Å². The summed E-state index contributed by atoms with van der Waals surface area (Å²) in [5.74, 6) is 0.0193. The van der Waals surface area contributed by atoms with Crippen molar-refractivity contribution in [3.8, 4) is 5.75 Å². The third kappa shape index (κ3) is 7.19. The molecule has 0 aliphatic rings. The van der Waals surface area contributed by atoms with Crippen LogP contribution < -0.4 is 20.7 Å². The predicted molar refractivity (Wildman–Crippen MR) is 120 cm³/mol. The number of para-hydroxylation sites is 1. The van der Waals surface area contributed by atoms with Gasteiger partial charge in [0.15, 0.2) is 5.11 Å². The van der Waals surface area contributed by atoms with Crippen LogP contribution in [0.1, 0.15) is 53.8 Å². The molecule has 0 heterocycles. The number of carbonyl (C=O) groups excluding carboxylic acids is 2. The maximum atomic E-state index is 12.6. The van der Waals surface area contributed by atoms with Crippen molar-refractivity contribution < 1.29 is 14.3 Å². The lowest BCUT2D eigenvalue weighted by Crippen LogP contribution is -2.34. The summed E-state index contributed by atoms with van der Waals surface area (Å²) < 4.78 is 5.70. The molecule has 2 rings (SSSR count). The van der Waals surface area contributed by atoms with Gasteiger partial charge in [-0.2, -0.15) is 0 Å². The number of unbranched alkanes of at least 4 members (excludes halogenated alkanes) is 1. The minimum atomic E-state index is -0.355. The largest absolute Gasteiger partial charge is 0.493 e. The van der Waals surface area contributed by atoms with Crippen LogP contribution in [0.15, 0.2) is 48.5 Å². The third-order valence-electron chi connectivity index (χ3n) is 4.03. The zero-order valence-corrected chi connectivity index (χ0v) is 17.6. The number of thiocarbonyl (C=S) groups is 1. The van der Waals surface area contributed by atoms with Crippen LogP contribution in [0.5, 0.6) is 5.75 Å². The topological polar surface area (TPSA) is 79.5 Å².